The van der Waals surface area contributed by atoms with Gasteiger partial charge in [-0.2, -0.15) is 0 Å². The predicted octanol–water partition coefficient (Wildman–Crippen LogP) is 6.12. The van der Waals surface area contributed by atoms with Crippen LogP contribution in [0.25, 0.3) is 0 Å². The molecule has 25 heavy (non-hydrogen) atoms. The molecule has 0 aliphatic carbocycles. The Morgan fingerprint density at radius 3 is 2.48 bits per heavy atom. The summed E-state index contributed by atoms with van der Waals surface area (Å²) in [5.74, 6) is 0.444. The summed E-state index contributed by atoms with van der Waals surface area (Å²) in [5, 5.41) is 3.86. The number of benzene rings is 2. The van der Waals surface area contributed by atoms with Crippen molar-refractivity contribution in [3.63, 3.8) is 0 Å². The molecule has 2 aromatic rings. The minimum Gasteiger partial charge on any atom is -0.489 e. The van der Waals surface area contributed by atoms with E-state index in [-0.39, 0.29) is 5.82 Å². The Balaban J connectivity index is 1.69. The topological polar surface area (TPSA) is 21.3 Å². The van der Waals surface area contributed by atoms with Gasteiger partial charge in [0.1, 0.15) is 18.2 Å². The molecule has 0 saturated carbocycles. The van der Waals surface area contributed by atoms with E-state index in [9.17, 15) is 4.39 Å². The van der Waals surface area contributed by atoms with Crippen molar-refractivity contribution in [2.45, 2.75) is 52.2 Å². The van der Waals surface area contributed by atoms with Gasteiger partial charge in [0.05, 0.1) is 5.02 Å². The van der Waals surface area contributed by atoms with Crippen LogP contribution in [0, 0.1) is 5.82 Å². The second-order valence-corrected chi connectivity index (χ2v) is 6.67. The number of rotatable bonds is 11. The van der Waals surface area contributed by atoms with Crippen molar-refractivity contribution in [1.82, 2.24) is 5.32 Å². The molecule has 0 fully saturated rings. The zero-order valence-corrected chi connectivity index (χ0v) is 15.6. The predicted molar refractivity (Wildman–Crippen MR) is 103 cm³/mol. The zero-order chi connectivity index (χ0) is 17.9. The molecule has 136 valence electrons. The first kappa shape index (κ1) is 19.7. The molecular formula is C21H27ClFNO. The van der Waals surface area contributed by atoms with Crippen LogP contribution in [0.2, 0.25) is 5.02 Å². The maximum atomic E-state index is 13.0. The quantitative estimate of drug-likeness (QED) is 0.486. The fraction of sp³-hybridized carbons (Fsp3) is 0.429. The zero-order valence-electron chi connectivity index (χ0n) is 14.9. The SMILES string of the molecule is CCCCCCCNCc1ccc(OCc2ccc(F)cc2Cl)cc1. The Morgan fingerprint density at radius 2 is 1.76 bits per heavy atom. The van der Waals surface area contributed by atoms with Crippen LogP contribution >= 0.6 is 11.6 Å². The van der Waals surface area contributed by atoms with Gasteiger partial charge in [-0.3, -0.25) is 0 Å². The molecule has 2 aromatic carbocycles. The van der Waals surface area contributed by atoms with Gasteiger partial charge >= 0.3 is 0 Å². The van der Waals surface area contributed by atoms with Crippen molar-refractivity contribution in [3.05, 3.63) is 64.4 Å². The largest absolute Gasteiger partial charge is 0.489 e. The molecule has 0 spiro atoms. The Bertz CT molecular complexity index is 630. The molecule has 1 N–H and O–H groups in total. The number of unbranched alkanes of at least 4 members (excludes halogenated alkanes) is 4. The van der Waals surface area contributed by atoms with Gasteiger partial charge in [0, 0.05) is 12.1 Å². The number of halogens is 2. The molecule has 0 heterocycles. The summed E-state index contributed by atoms with van der Waals surface area (Å²) < 4.78 is 18.7. The smallest absolute Gasteiger partial charge is 0.124 e. The second-order valence-electron chi connectivity index (χ2n) is 6.26. The third-order valence-corrected chi connectivity index (χ3v) is 4.47. The van der Waals surface area contributed by atoms with Crippen LogP contribution in [0.5, 0.6) is 5.75 Å². The van der Waals surface area contributed by atoms with E-state index in [1.165, 1.54) is 49.8 Å². The third kappa shape index (κ3) is 7.45. The maximum absolute atomic E-state index is 13.0. The molecule has 4 heteroatoms. The van der Waals surface area contributed by atoms with E-state index in [2.05, 4.69) is 24.4 Å². The Morgan fingerprint density at radius 1 is 1.00 bits per heavy atom. The van der Waals surface area contributed by atoms with Crippen molar-refractivity contribution in [1.29, 1.82) is 0 Å². The number of hydrogen-bond acceptors (Lipinski definition) is 2. The molecule has 0 unspecified atom stereocenters. The number of ether oxygens (including phenoxy) is 1. The highest BCUT2D eigenvalue weighted by Crippen LogP contribution is 2.20. The molecule has 0 aliphatic rings. The van der Waals surface area contributed by atoms with E-state index < -0.39 is 0 Å². The van der Waals surface area contributed by atoms with E-state index in [0.29, 0.717) is 11.6 Å². The maximum Gasteiger partial charge on any atom is 0.124 e. The van der Waals surface area contributed by atoms with E-state index >= 15 is 0 Å². The monoisotopic (exact) mass is 363 g/mol. The standard InChI is InChI=1S/C21H27ClFNO/c1-2-3-4-5-6-13-24-15-17-7-11-20(12-8-17)25-16-18-9-10-19(23)14-21(18)22/h7-12,14,24H,2-6,13,15-16H2,1H3. The lowest BCUT2D eigenvalue weighted by atomic mass is 10.1. The van der Waals surface area contributed by atoms with Gasteiger partial charge in [0.15, 0.2) is 0 Å². The summed E-state index contributed by atoms with van der Waals surface area (Å²) in [7, 11) is 0. The number of nitrogens with one attached hydrogen (secondary N) is 1. The van der Waals surface area contributed by atoms with Gasteiger partial charge in [-0.15, -0.1) is 0 Å². The van der Waals surface area contributed by atoms with Gasteiger partial charge < -0.3 is 10.1 Å². The van der Waals surface area contributed by atoms with Crippen LogP contribution < -0.4 is 10.1 Å². The average Bonchev–Trinajstić information content (AvgIpc) is 2.61. The molecule has 2 rings (SSSR count). The molecular weight excluding hydrogens is 337 g/mol. The normalized spacial score (nSPS) is 10.8. The lowest BCUT2D eigenvalue weighted by Crippen LogP contribution is -2.14. The second kappa shape index (κ2) is 11.1. The third-order valence-electron chi connectivity index (χ3n) is 4.12. The first-order valence-electron chi connectivity index (χ1n) is 9.05. The van der Waals surface area contributed by atoms with E-state index in [1.54, 1.807) is 6.07 Å². The van der Waals surface area contributed by atoms with Crippen molar-refractivity contribution >= 4 is 11.6 Å². The highest BCUT2D eigenvalue weighted by atomic mass is 35.5. The van der Waals surface area contributed by atoms with Crippen molar-refractivity contribution < 1.29 is 9.13 Å². The molecule has 0 radical (unpaired) electrons. The Labute approximate surface area is 155 Å². The lowest BCUT2D eigenvalue weighted by Gasteiger charge is -2.09. The minimum absolute atomic E-state index is 0.328. The molecule has 0 aromatic heterocycles. The van der Waals surface area contributed by atoms with Gasteiger partial charge in [-0.1, -0.05) is 62.4 Å². The minimum atomic E-state index is -0.337. The van der Waals surface area contributed by atoms with Crippen molar-refractivity contribution in [3.8, 4) is 5.75 Å². The van der Waals surface area contributed by atoms with Crippen LogP contribution in [0.4, 0.5) is 4.39 Å². The summed E-state index contributed by atoms with van der Waals surface area (Å²) in [4.78, 5) is 0. The first-order chi connectivity index (χ1) is 12.2. The van der Waals surface area contributed by atoms with Gasteiger partial charge in [0.2, 0.25) is 0 Å². The molecule has 0 amide bonds. The van der Waals surface area contributed by atoms with Crippen LogP contribution in [-0.4, -0.2) is 6.54 Å². The average molecular weight is 364 g/mol. The van der Waals surface area contributed by atoms with Crippen LogP contribution in [0.3, 0.4) is 0 Å². The molecule has 0 saturated heterocycles. The fourth-order valence-electron chi connectivity index (χ4n) is 2.59. The Hall–Kier alpha value is -1.58. The lowest BCUT2D eigenvalue weighted by molar-refractivity contribution is 0.306. The molecule has 0 bridgehead atoms. The molecule has 0 atom stereocenters. The summed E-state index contributed by atoms with van der Waals surface area (Å²) in [5.41, 5.74) is 2.01. The van der Waals surface area contributed by atoms with E-state index in [4.69, 9.17) is 16.3 Å². The van der Waals surface area contributed by atoms with Crippen LogP contribution in [-0.2, 0) is 13.2 Å². The number of hydrogen-bond donors (Lipinski definition) is 1. The first-order valence-corrected chi connectivity index (χ1v) is 9.43. The summed E-state index contributed by atoms with van der Waals surface area (Å²) in [6.07, 6.45) is 6.50. The van der Waals surface area contributed by atoms with Crippen LogP contribution in [0.1, 0.15) is 50.2 Å². The summed E-state index contributed by atoms with van der Waals surface area (Å²) in [6, 6.07) is 12.4. The van der Waals surface area contributed by atoms with Crippen molar-refractivity contribution in [2.75, 3.05) is 6.54 Å². The fourth-order valence-corrected chi connectivity index (χ4v) is 2.81. The molecule has 2 nitrogen and oxygen atoms in total. The highest BCUT2D eigenvalue weighted by molar-refractivity contribution is 6.31. The van der Waals surface area contributed by atoms with E-state index in [0.717, 1.165) is 24.4 Å². The molecule has 0 aliphatic heterocycles. The summed E-state index contributed by atoms with van der Waals surface area (Å²) in [6.45, 7) is 4.50. The van der Waals surface area contributed by atoms with Crippen molar-refractivity contribution in [2.24, 2.45) is 0 Å². The highest BCUT2D eigenvalue weighted by Gasteiger charge is 2.03. The van der Waals surface area contributed by atoms with Gasteiger partial charge in [0.25, 0.3) is 0 Å². The van der Waals surface area contributed by atoms with Gasteiger partial charge in [-0.25, -0.2) is 4.39 Å². The van der Waals surface area contributed by atoms with Gasteiger partial charge in [-0.05, 0) is 42.8 Å². The van der Waals surface area contributed by atoms with Crippen LogP contribution in [0.15, 0.2) is 42.5 Å². The summed E-state index contributed by atoms with van der Waals surface area (Å²) >= 11 is 6.00. The van der Waals surface area contributed by atoms with E-state index in [1.807, 2.05) is 12.1 Å². The Kier molecular flexibility index (Phi) is 8.78.